The van der Waals surface area contributed by atoms with Crippen molar-refractivity contribution in [2.45, 2.75) is 0 Å². The summed E-state index contributed by atoms with van der Waals surface area (Å²) in [5, 5.41) is 5.50. The summed E-state index contributed by atoms with van der Waals surface area (Å²) in [5.74, 6) is 0.730. The van der Waals surface area contributed by atoms with E-state index in [4.69, 9.17) is 0 Å². The van der Waals surface area contributed by atoms with Crippen LogP contribution in [0.2, 0.25) is 0 Å². The summed E-state index contributed by atoms with van der Waals surface area (Å²) in [6.45, 7) is 0. The third kappa shape index (κ3) is 1.36. The predicted molar refractivity (Wildman–Crippen MR) is 56.7 cm³/mol. The molecular weight excluding hydrogens is 188 g/mol. The number of fused-ring (bicyclic) bond motifs is 1. The fraction of sp³-hybridized carbons (Fsp3) is 0. The summed E-state index contributed by atoms with van der Waals surface area (Å²) in [6.07, 6.45) is 6.93. The number of aromatic nitrogens is 4. The Morgan fingerprint density at radius 3 is 2.80 bits per heavy atom. The van der Waals surface area contributed by atoms with Crippen molar-refractivity contribution in [2.24, 2.45) is 0 Å². The van der Waals surface area contributed by atoms with E-state index >= 15 is 0 Å². The molecule has 72 valence electrons. The monoisotopic (exact) mass is 196 g/mol. The third-order valence-corrected chi connectivity index (χ3v) is 2.20. The maximum atomic E-state index is 4.40. The van der Waals surface area contributed by atoms with Crippen molar-refractivity contribution in [1.82, 2.24) is 19.7 Å². The summed E-state index contributed by atoms with van der Waals surface area (Å²) in [6, 6.07) is 7.96. The molecule has 0 radical (unpaired) electrons. The second kappa shape index (κ2) is 3.16. The topological polar surface area (TPSA) is 43.6 Å². The minimum atomic E-state index is 0.730. The minimum Gasteiger partial charge on any atom is -0.259 e. The summed E-state index contributed by atoms with van der Waals surface area (Å²) in [4.78, 5) is 8.19. The smallest absolute Gasteiger partial charge is 0.171 e. The Kier molecular flexibility index (Phi) is 1.71. The molecule has 2 aromatic heterocycles. The Balaban J connectivity index is 2.21. The SMILES string of the molecule is c1ccc2nn(-c3cnccn3)cc2c1. The second-order valence-electron chi connectivity index (χ2n) is 3.20. The summed E-state index contributed by atoms with van der Waals surface area (Å²) in [5.41, 5.74) is 0.961. The molecule has 15 heavy (non-hydrogen) atoms. The van der Waals surface area contributed by atoms with Gasteiger partial charge in [-0.1, -0.05) is 18.2 Å². The largest absolute Gasteiger partial charge is 0.259 e. The van der Waals surface area contributed by atoms with Gasteiger partial charge in [0.1, 0.15) is 0 Å². The van der Waals surface area contributed by atoms with Crippen LogP contribution in [0.1, 0.15) is 0 Å². The minimum absolute atomic E-state index is 0.730. The van der Waals surface area contributed by atoms with Crippen LogP contribution in [0.3, 0.4) is 0 Å². The van der Waals surface area contributed by atoms with Crippen LogP contribution in [0, 0.1) is 0 Å². The lowest BCUT2D eigenvalue weighted by atomic mass is 10.3. The molecule has 0 spiro atoms. The molecule has 0 atom stereocenters. The lowest BCUT2D eigenvalue weighted by molar-refractivity contribution is 0.850. The van der Waals surface area contributed by atoms with Gasteiger partial charge < -0.3 is 0 Å². The molecule has 0 aliphatic heterocycles. The maximum Gasteiger partial charge on any atom is 0.171 e. The van der Waals surface area contributed by atoms with Gasteiger partial charge in [-0.05, 0) is 6.07 Å². The molecule has 0 aliphatic rings. The van der Waals surface area contributed by atoms with Crippen molar-refractivity contribution in [3.05, 3.63) is 49.1 Å². The Labute approximate surface area is 86.2 Å². The number of nitrogens with zero attached hydrogens (tertiary/aromatic N) is 4. The second-order valence-corrected chi connectivity index (χ2v) is 3.20. The quantitative estimate of drug-likeness (QED) is 0.596. The average molecular weight is 196 g/mol. The van der Waals surface area contributed by atoms with E-state index in [9.17, 15) is 0 Å². The van der Waals surface area contributed by atoms with Crippen LogP contribution in [0.25, 0.3) is 16.7 Å². The molecule has 3 aromatic rings. The molecular formula is C11H8N4. The highest BCUT2D eigenvalue weighted by atomic mass is 15.3. The highest BCUT2D eigenvalue weighted by Gasteiger charge is 2.01. The standard InChI is InChI=1S/C11H8N4/c1-2-4-10-9(3-1)8-15(14-10)11-7-12-5-6-13-11/h1-8H. The van der Waals surface area contributed by atoms with Crippen LogP contribution >= 0.6 is 0 Å². The van der Waals surface area contributed by atoms with Gasteiger partial charge in [0.2, 0.25) is 0 Å². The molecule has 0 N–H and O–H groups in total. The number of rotatable bonds is 1. The molecule has 0 saturated carbocycles. The highest BCUT2D eigenvalue weighted by molar-refractivity contribution is 5.78. The maximum absolute atomic E-state index is 4.40. The van der Waals surface area contributed by atoms with Gasteiger partial charge in [-0.25, -0.2) is 9.67 Å². The van der Waals surface area contributed by atoms with Gasteiger partial charge in [0.25, 0.3) is 0 Å². The van der Waals surface area contributed by atoms with Crippen LogP contribution in [-0.4, -0.2) is 19.7 Å². The summed E-state index contributed by atoms with van der Waals surface area (Å²) in [7, 11) is 0. The average Bonchev–Trinajstić information content (AvgIpc) is 2.74. The summed E-state index contributed by atoms with van der Waals surface area (Å²) < 4.78 is 1.73. The van der Waals surface area contributed by atoms with Crippen molar-refractivity contribution in [1.29, 1.82) is 0 Å². The fourth-order valence-electron chi connectivity index (χ4n) is 1.49. The van der Waals surface area contributed by atoms with Crippen LogP contribution in [0.4, 0.5) is 0 Å². The van der Waals surface area contributed by atoms with Crippen molar-refractivity contribution in [3.63, 3.8) is 0 Å². The van der Waals surface area contributed by atoms with E-state index in [2.05, 4.69) is 15.1 Å². The number of hydrogen-bond donors (Lipinski definition) is 0. The van der Waals surface area contributed by atoms with Crippen LogP contribution in [-0.2, 0) is 0 Å². The first-order chi connectivity index (χ1) is 7.43. The van der Waals surface area contributed by atoms with E-state index < -0.39 is 0 Å². The van der Waals surface area contributed by atoms with Gasteiger partial charge >= 0.3 is 0 Å². The molecule has 3 rings (SSSR count). The van der Waals surface area contributed by atoms with Gasteiger partial charge in [0.15, 0.2) is 5.82 Å². The van der Waals surface area contributed by atoms with E-state index in [1.54, 1.807) is 23.3 Å². The number of benzene rings is 1. The molecule has 4 nitrogen and oxygen atoms in total. The molecule has 0 saturated heterocycles. The lowest BCUT2D eigenvalue weighted by Gasteiger charge is -1.96. The molecule has 0 amide bonds. The van der Waals surface area contributed by atoms with E-state index in [0.717, 1.165) is 16.7 Å². The zero-order valence-electron chi connectivity index (χ0n) is 7.91. The van der Waals surface area contributed by atoms with Crippen molar-refractivity contribution >= 4 is 10.9 Å². The molecule has 0 unspecified atom stereocenters. The van der Waals surface area contributed by atoms with Crippen molar-refractivity contribution in [3.8, 4) is 5.82 Å². The van der Waals surface area contributed by atoms with Crippen molar-refractivity contribution < 1.29 is 0 Å². The highest BCUT2D eigenvalue weighted by Crippen LogP contribution is 2.12. The first-order valence-electron chi connectivity index (χ1n) is 4.64. The molecule has 0 fully saturated rings. The van der Waals surface area contributed by atoms with Gasteiger partial charge in [0.05, 0.1) is 11.7 Å². The Morgan fingerprint density at radius 2 is 2.00 bits per heavy atom. The van der Waals surface area contributed by atoms with E-state index in [0.29, 0.717) is 0 Å². The van der Waals surface area contributed by atoms with Gasteiger partial charge in [-0.15, -0.1) is 0 Å². The lowest BCUT2D eigenvalue weighted by Crippen LogP contribution is -1.97. The van der Waals surface area contributed by atoms with Crippen LogP contribution < -0.4 is 0 Å². The third-order valence-electron chi connectivity index (χ3n) is 2.20. The van der Waals surface area contributed by atoms with E-state index in [1.165, 1.54) is 0 Å². The van der Waals surface area contributed by atoms with Gasteiger partial charge in [-0.2, -0.15) is 5.10 Å². The summed E-state index contributed by atoms with van der Waals surface area (Å²) >= 11 is 0. The van der Waals surface area contributed by atoms with Crippen molar-refractivity contribution in [2.75, 3.05) is 0 Å². The first-order valence-corrected chi connectivity index (χ1v) is 4.64. The zero-order valence-corrected chi connectivity index (χ0v) is 7.91. The van der Waals surface area contributed by atoms with E-state index in [-0.39, 0.29) is 0 Å². The number of hydrogen-bond acceptors (Lipinski definition) is 3. The fourth-order valence-corrected chi connectivity index (χ4v) is 1.49. The van der Waals surface area contributed by atoms with Crippen LogP contribution in [0.5, 0.6) is 0 Å². The predicted octanol–water partition coefficient (Wildman–Crippen LogP) is 1.82. The van der Waals surface area contributed by atoms with E-state index in [1.807, 2.05) is 30.5 Å². The Hall–Kier alpha value is -2.23. The molecule has 4 heteroatoms. The van der Waals surface area contributed by atoms with Gasteiger partial charge in [-0.3, -0.25) is 4.98 Å². The molecule has 2 heterocycles. The Bertz CT molecular complexity index is 553. The molecule has 0 bridgehead atoms. The first kappa shape index (κ1) is 8.11. The molecule has 0 aliphatic carbocycles. The Morgan fingerprint density at radius 1 is 1.07 bits per heavy atom. The molecule has 1 aromatic carbocycles. The zero-order chi connectivity index (χ0) is 10.1. The van der Waals surface area contributed by atoms with Gasteiger partial charge in [0, 0.05) is 24.0 Å². The normalized spacial score (nSPS) is 10.7. The van der Waals surface area contributed by atoms with Crippen LogP contribution in [0.15, 0.2) is 49.1 Å².